The zero-order chi connectivity index (χ0) is 20.6. The number of para-hydroxylation sites is 1. The number of rotatable bonds is 4. The average molecular weight is 413 g/mol. The quantitative estimate of drug-likeness (QED) is 0.772. The maximum atomic E-state index is 13.2. The molecule has 0 radical (unpaired) electrons. The van der Waals surface area contributed by atoms with E-state index in [1.165, 1.54) is 5.56 Å². The topological polar surface area (TPSA) is 57.7 Å². The highest BCUT2D eigenvalue weighted by atomic mass is 32.2. The predicted octanol–water partition coefficient (Wildman–Crippen LogP) is 3.51. The number of benzene rings is 2. The van der Waals surface area contributed by atoms with Gasteiger partial charge in [-0.15, -0.1) is 0 Å². The molecule has 1 saturated heterocycles. The van der Waals surface area contributed by atoms with Crippen LogP contribution < -0.4 is 4.90 Å². The summed E-state index contributed by atoms with van der Waals surface area (Å²) in [7, 11) is -3.37. The molecule has 0 bridgehead atoms. The standard InChI is InChI=1S/C23H28N2O3S/c1-17-6-5-7-19(14-17)16-29(27,28)24-12-10-20(11-13-24)23(26)25-18(2)15-21-8-3-4-9-22(21)25/h3-9,14,18,20H,10-13,15-16H2,1-2H3/t18-/m1/s1. The molecule has 6 heteroatoms. The van der Waals surface area contributed by atoms with Crippen LogP contribution in [0.15, 0.2) is 48.5 Å². The zero-order valence-corrected chi connectivity index (χ0v) is 17.9. The molecule has 2 aliphatic heterocycles. The maximum absolute atomic E-state index is 13.2. The fourth-order valence-corrected chi connectivity index (χ4v) is 6.13. The number of aryl methyl sites for hydroxylation is 1. The molecular formula is C23H28N2O3S. The minimum Gasteiger partial charge on any atom is -0.309 e. The summed E-state index contributed by atoms with van der Waals surface area (Å²) < 4.78 is 27.2. The van der Waals surface area contributed by atoms with Crippen molar-refractivity contribution in [2.45, 2.75) is 44.9 Å². The first kappa shape index (κ1) is 20.1. The Bertz CT molecular complexity index is 1010. The highest BCUT2D eigenvalue weighted by Gasteiger charge is 2.37. The zero-order valence-electron chi connectivity index (χ0n) is 17.0. The average Bonchev–Trinajstić information content (AvgIpc) is 3.03. The Labute approximate surface area is 173 Å². The molecule has 2 aliphatic rings. The number of nitrogens with zero attached hydrogens (tertiary/aromatic N) is 2. The highest BCUT2D eigenvalue weighted by molar-refractivity contribution is 7.88. The van der Waals surface area contributed by atoms with Crippen molar-refractivity contribution < 1.29 is 13.2 Å². The molecule has 2 aromatic carbocycles. The Morgan fingerprint density at radius 1 is 1.07 bits per heavy atom. The van der Waals surface area contributed by atoms with Crippen molar-refractivity contribution in [3.8, 4) is 0 Å². The van der Waals surface area contributed by atoms with Gasteiger partial charge in [0, 0.05) is 30.7 Å². The van der Waals surface area contributed by atoms with E-state index < -0.39 is 10.0 Å². The third-order valence-electron chi connectivity index (χ3n) is 6.07. The normalized spacial score (nSPS) is 20.6. The second-order valence-corrected chi connectivity index (χ2v) is 10.3. The summed E-state index contributed by atoms with van der Waals surface area (Å²) in [4.78, 5) is 15.1. The first-order valence-electron chi connectivity index (χ1n) is 10.3. The number of hydrogen-bond donors (Lipinski definition) is 0. The van der Waals surface area contributed by atoms with Gasteiger partial charge in [0.05, 0.1) is 5.75 Å². The Hall–Kier alpha value is -2.18. The van der Waals surface area contributed by atoms with E-state index in [1.807, 2.05) is 54.3 Å². The van der Waals surface area contributed by atoms with E-state index in [4.69, 9.17) is 0 Å². The molecule has 2 heterocycles. The minimum absolute atomic E-state index is 0.0177. The molecule has 0 saturated carbocycles. The van der Waals surface area contributed by atoms with E-state index in [-0.39, 0.29) is 23.6 Å². The summed E-state index contributed by atoms with van der Waals surface area (Å²) >= 11 is 0. The van der Waals surface area contributed by atoms with E-state index in [2.05, 4.69) is 13.0 Å². The second-order valence-electron chi connectivity index (χ2n) is 8.31. The molecule has 0 aromatic heterocycles. The van der Waals surface area contributed by atoms with Crippen LogP contribution in [0.5, 0.6) is 0 Å². The summed E-state index contributed by atoms with van der Waals surface area (Å²) in [5, 5.41) is 0. The third-order valence-corrected chi connectivity index (χ3v) is 7.92. The van der Waals surface area contributed by atoms with Gasteiger partial charge in [-0.3, -0.25) is 4.79 Å². The molecule has 1 fully saturated rings. The van der Waals surface area contributed by atoms with Crippen molar-refractivity contribution in [1.29, 1.82) is 0 Å². The van der Waals surface area contributed by atoms with Gasteiger partial charge in [-0.2, -0.15) is 0 Å². The SMILES string of the molecule is Cc1cccc(CS(=O)(=O)N2CCC(C(=O)N3c4ccccc4C[C@H]3C)CC2)c1. The number of anilines is 1. The Kier molecular flexibility index (Phi) is 5.49. The highest BCUT2D eigenvalue weighted by Crippen LogP contribution is 2.35. The summed E-state index contributed by atoms with van der Waals surface area (Å²) in [5.74, 6) is 0.0382. The van der Waals surface area contributed by atoms with Crippen molar-refractivity contribution in [3.63, 3.8) is 0 Å². The number of carbonyl (C=O) groups is 1. The molecule has 1 amide bonds. The van der Waals surface area contributed by atoms with Crippen LogP contribution in [-0.4, -0.2) is 37.8 Å². The first-order valence-corrected chi connectivity index (χ1v) is 11.9. The third kappa shape index (κ3) is 4.09. The van der Waals surface area contributed by atoms with Gasteiger partial charge >= 0.3 is 0 Å². The van der Waals surface area contributed by atoms with Gasteiger partial charge < -0.3 is 4.90 Å². The number of fused-ring (bicyclic) bond motifs is 1. The summed E-state index contributed by atoms with van der Waals surface area (Å²) in [6.45, 7) is 4.87. The molecular weight excluding hydrogens is 384 g/mol. The van der Waals surface area contributed by atoms with Crippen LogP contribution in [0.1, 0.15) is 36.5 Å². The van der Waals surface area contributed by atoms with E-state index in [0.717, 1.165) is 23.2 Å². The maximum Gasteiger partial charge on any atom is 0.230 e. The van der Waals surface area contributed by atoms with Crippen molar-refractivity contribution >= 4 is 21.6 Å². The lowest BCUT2D eigenvalue weighted by Gasteiger charge is -2.34. The molecule has 1 atom stereocenters. The second kappa shape index (κ2) is 7.92. The van der Waals surface area contributed by atoms with Gasteiger partial charge in [0.1, 0.15) is 0 Å². The van der Waals surface area contributed by atoms with Gasteiger partial charge in [0.15, 0.2) is 0 Å². The number of hydrogen-bond acceptors (Lipinski definition) is 3. The molecule has 0 N–H and O–H groups in total. The van der Waals surface area contributed by atoms with Crippen molar-refractivity contribution in [2.24, 2.45) is 5.92 Å². The van der Waals surface area contributed by atoms with Crippen LogP contribution in [0, 0.1) is 12.8 Å². The Morgan fingerprint density at radius 2 is 1.79 bits per heavy atom. The predicted molar refractivity (Wildman–Crippen MR) is 115 cm³/mol. The molecule has 2 aromatic rings. The summed E-state index contributed by atoms with van der Waals surface area (Å²) in [6.07, 6.45) is 2.04. The summed E-state index contributed by atoms with van der Waals surface area (Å²) in [6, 6.07) is 15.9. The molecule has 0 unspecified atom stereocenters. The van der Waals surface area contributed by atoms with E-state index in [0.29, 0.717) is 25.9 Å². The molecule has 0 spiro atoms. The van der Waals surface area contributed by atoms with Crippen molar-refractivity contribution in [3.05, 3.63) is 65.2 Å². The van der Waals surface area contributed by atoms with Crippen LogP contribution in [0.3, 0.4) is 0 Å². The van der Waals surface area contributed by atoms with Crippen LogP contribution in [-0.2, 0) is 27.0 Å². The molecule has 0 aliphatic carbocycles. The monoisotopic (exact) mass is 412 g/mol. The van der Waals surface area contributed by atoms with E-state index >= 15 is 0 Å². The van der Waals surface area contributed by atoms with Crippen LogP contribution >= 0.6 is 0 Å². The van der Waals surface area contributed by atoms with E-state index in [1.54, 1.807) is 4.31 Å². The van der Waals surface area contributed by atoms with Gasteiger partial charge in [-0.25, -0.2) is 12.7 Å². The van der Waals surface area contributed by atoms with Crippen molar-refractivity contribution in [2.75, 3.05) is 18.0 Å². The minimum atomic E-state index is -3.37. The lowest BCUT2D eigenvalue weighted by atomic mass is 9.96. The van der Waals surface area contributed by atoms with Gasteiger partial charge in [0.25, 0.3) is 0 Å². The molecule has 4 rings (SSSR count). The fourth-order valence-electron chi connectivity index (χ4n) is 4.58. The van der Waals surface area contributed by atoms with Gasteiger partial charge in [-0.1, -0.05) is 48.0 Å². The Balaban J connectivity index is 1.41. The van der Waals surface area contributed by atoms with Gasteiger partial charge in [-0.05, 0) is 50.3 Å². The molecule has 29 heavy (non-hydrogen) atoms. The van der Waals surface area contributed by atoms with E-state index in [9.17, 15) is 13.2 Å². The Morgan fingerprint density at radius 3 is 2.52 bits per heavy atom. The van der Waals surface area contributed by atoms with Crippen molar-refractivity contribution in [1.82, 2.24) is 4.31 Å². The van der Waals surface area contributed by atoms with Crippen LogP contribution in [0.25, 0.3) is 0 Å². The number of amides is 1. The lowest BCUT2D eigenvalue weighted by molar-refractivity contribution is -0.123. The van der Waals surface area contributed by atoms with Gasteiger partial charge in [0.2, 0.25) is 15.9 Å². The summed E-state index contributed by atoms with van der Waals surface area (Å²) in [5.41, 5.74) is 4.10. The fraction of sp³-hybridized carbons (Fsp3) is 0.435. The van der Waals surface area contributed by atoms with Crippen LogP contribution in [0.2, 0.25) is 0 Å². The van der Waals surface area contributed by atoms with Crippen LogP contribution in [0.4, 0.5) is 5.69 Å². The first-order chi connectivity index (χ1) is 13.8. The smallest absolute Gasteiger partial charge is 0.230 e. The largest absolute Gasteiger partial charge is 0.309 e. The number of carbonyl (C=O) groups excluding carboxylic acids is 1. The lowest BCUT2D eigenvalue weighted by Crippen LogP contribution is -2.46. The number of piperidine rings is 1. The molecule has 154 valence electrons. The number of sulfonamides is 1. The molecule has 5 nitrogen and oxygen atoms in total.